The first-order valence-corrected chi connectivity index (χ1v) is 23.4. The number of phosphoric ester groups is 1. The molecule has 0 aliphatic heterocycles. The van der Waals surface area contributed by atoms with E-state index < -0.39 is 20.0 Å². The van der Waals surface area contributed by atoms with E-state index >= 15 is 0 Å². The number of carbonyl (C=O) groups excluding carboxylic acids is 1. The van der Waals surface area contributed by atoms with Crippen LogP contribution in [0.3, 0.4) is 0 Å². The van der Waals surface area contributed by atoms with Crippen molar-refractivity contribution in [1.29, 1.82) is 0 Å². The largest absolute Gasteiger partial charge is 0.472 e. The predicted octanol–water partition coefficient (Wildman–Crippen LogP) is 11.9. The molecular formula is C44H86N2O6P+. The summed E-state index contributed by atoms with van der Waals surface area (Å²) in [6.07, 6.45) is 43.7. The van der Waals surface area contributed by atoms with Crippen LogP contribution in [0.5, 0.6) is 0 Å². The summed E-state index contributed by atoms with van der Waals surface area (Å²) in [4.78, 5) is 23.0. The maximum atomic E-state index is 12.8. The van der Waals surface area contributed by atoms with E-state index in [1.54, 1.807) is 6.08 Å². The van der Waals surface area contributed by atoms with Gasteiger partial charge >= 0.3 is 7.82 Å². The number of phosphoric acid groups is 1. The zero-order valence-corrected chi connectivity index (χ0v) is 36.1. The lowest BCUT2D eigenvalue weighted by Gasteiger charge is -2.25. The smallest absolute Gasteiger partial charge is 0.387 e. The number of rotatable bonds is 39. The normalized spacial score (nSPS) is 14.8. The maximum absolute atomic E-state index is 12.8. The molecule has 0 aromatic carbocycles. The monoisotopic (exact) mass is 770 g/mol. The fourth-order valence-corrected chi connectivity index (χ4v) is 6.81. The van der Waals surface area contributed by atoms with Gasteiger partial charge in [0.05, 0.1) is 39.9 Å². The average molecular weight is 770 g/mol. The number of likely N-dealkylation sites (N-methyl/N-ethyl adjacent to an activating group) is 1. The van der Waals surface area contributed by atoms with E-state index in [1.807, 2.05) is 27.2 Å². The molecule has 0 aliphatic carbocycles. The quantitative estimate of drug-likeness (QED) is 0.0249. The first-order chi connectivity index (χ1) is 25.5. The Kier molecular flexibility index (Phi) is 35.5. The van der Waals surface area contributed by atoms with E-state index in [-0.39, 0.29) is 19.1 Å². The van der Waals surface area contributed by atoms with Gasteiger partial charge in [0.1, 0.15) is 13.2 Å². The second-order valence-corrected chi connectivity index (χ2v) is 17.5. The Balaban J connectivity index is 4.45. The van der Waals surface area contributed by atoms with Gasteiger partial charge in [-0.15, -0.1) is 0 Å². The van der Waals surface area contributed by atoms with E-state index in [0.29, 0.717) is 17.4 Å². The van der Waals surface area contributed by atoms with Crippen LogP contribution in [0.4, 0.5) is 0 Å². The van der Waals surface area contributed by atoms with Crippen molar-refractivity contribution >= 4 is 13.7 Å². The summed E-state index contributed by atoms with van der Waals surface area (Å²) in [5, 5.41) is 13.8. The first kappa shape index (κ1) is 51.7. The van der Waals surface area contributed by atoms with E-state index in [2.05, 4.69) is 43.5 Å². The van der Waals surface area contributed by atoms with Crippen molar-refractivity contribution in [3.05, 3.63) is 36.5 Å². The Morgan fingerprint density at radius 1 is 0.623 bits per heavy atom. The summed E-state index contributed by atoms with van der Waals surface area (Å²) in [6, 6.07) is -0.864. The molecule has 0 aliphatic rings. The minimum absolute atomic E-state index is 0.0543. The molecule has 8 nitrogen and oxygen atoms in total. The predicted molar refractivity (Wildman–Crippen MR) is 226 cm³/mol. The Labute approximate surface area is 327 Å². The SMILES string of the molecule is CCCCCCCCCCCCC/C=C/CC/C=C/CC/C=C/C(O)C(COP(=O)(O)OCC[N+](C)(C)C)NC(=O)CCCCCCCCCCCC. The molecular weight excluding hydrogens is 683 g/mol. The number of amides is 1. The number of nitrogens with zero attached hydrogens (tertiary/aromatic N) is 1. The number of hydrogen-bond donors (Lipinski definition) is 3. The molecule has 0 heterocycles. The van der Waals surface area contributed by atoms with Crippen LogP contribution in [-0.4, -0.2) is 73.4 Å². The van der Waals surface area contributed by atoms with Crippen LogP contribution < -0.4 is 5.32 Å². The Morgan fingerprint density at radius 2 is 1.04 bits per heavy atom. The van der Waals surface area contributed by atoms with Gasteiger partial charge in [0.15, 0.2) is 0 Å². The van der Waals surface area contributed by atoms with Crippen LogP contribution in [0.2, 0.25) is 0 Å². The molecule has 0 bridgehead atoms. The fourth-order valence-electron chi connectivity index (χ4n) is 6.07. The number of carbonyl (C=O) groups is 1. The number of aliphatic hydroxyl groups excluding tert-OH is 1. The van der Waals surface area contributed by atoms with Crippen molar-refractivity contribution in [2.75, 3.05) is 40.9 Å². The molecule has 312 valence electrons. The molecule has 0 aromatic rings. The minimum Gasteiger partial charge on any atom is -0.387 e. The number of quaternary nitrogens is 1. The zero-order valence-electron chi connectivity index (χ0n) is 35.3. The van der Waals surface area contributed by atoms with Gasteiger partial charge in [0.25, 0.3) is 0 Å². The minimum atomic E-state index is -4.34. The van der Waals surface area contributed by atoms with Crippen LogP contribution >= 0.6 is 7.82 Å². The van der Waals surface area contributed by atoms with Crippen LogP contribution in [0.15, 0.2) is 36.5 Å². The molecule has 3 atom stereocenters. The summed E-state index contributed by atoms with van der Waals surface area (Å²) >= 11 is 0. The third kappa shape index (κ3) is 38.8. The van der Waals surface area contributed by atoms with Gasteiger partial charge in [-0.2, -0.15) is 0 Å². The third-order valence-corrected chi connectivity index (χ3v) is 10.6. The van der Waals surface area contributed by atoms with Gasteiger partial charge in [0.2, 0.25) is 5.91 Å². The maximum Gasteiger partial charge on any atom is 0.472 e. The van der Waals surface area contributed by atoms with Crippen LogP contribution in [0, 0.1) is 0 Å². The standard InChI is InChI=1S/C44H85N2O6P/c1-6-8-10-12-14-16-18-19-20-21-22-23-24-25-26-27-28-29-31-33-35-37-43(47)42(41-52-53(49,50)51-40-39-46(3,4)5)45-44(48)38-36-34-32-30-17-15-13-11-9-7-2/h24-25,28-29,35,37,42-43,47H,6-23,26-27,30-34,36,38-41H2,1-5H3,(H-,45,48,49,50)/p+1/b25-24+,29-28+,37-35+. The molecule has 0 radical (unpaired) electrons. The van der Waals surface area contributed by atoms with E-state index in [1.165, 1.54) is 122 Å². The van der Waals surface area contributed by atoms with E-state index in [4.69, 9.17) is 9.05 Å². The lowest BCUT2D eigenvalue weighted by molar-refractivity contribution is -0.870. The van der Waals surface area contributed by atoms with Gasteiger partial charge in [-0.25, -0.2) is 4.57 Å². The average Bonchev–Trinajstić information content (AvgIpc) is 3.10. The molecule has 1 amide bonds. The molecule has 0 rings (SSSR count). The van der Waals surface area contributed by atoms with Crippen LogP contribution in [0.25, 0.3) is 0 Å². The highest BCUT2D eigenvalue weighted by Gasteiger charge is 2.27. The summed E-state index contributed by atoms with van der Waals surface area (Å²) in [6.45, 7) is 4.76. The second kappa shape index (κ2) is 36.4. The topological polar surface area (TPSA) is 105 Å². The van der Waals surface area contributed by atoms with Gasteiger partial charge in [0, 0.05) is 6.42 Å². The molecule has 3 unspecified atom stereocenters. The van der Waals surface area contributed by atoms with Gasteiger partial charge in [-0.3, -0.25) is 13.8 Å². The van der Waals surface area contributed by atoms with Crippen molar-refractivity contribution in [2.45, 2.75) is 199 Å². The number of allylic oxidation sites excluding steroid dienone is 5. The zero-order chi connectivity index (χ0) is 39.3. The van der Waals surface area contributed by atoms with Crippen LogP contribution in [0.1, 0.15) is 187 Å². The number of nitrogens with one attached hydrogen (secondary N) is 1. The molecule has 0 spiro atoms. The molecule has 3 N–H and O–H groups in total. The molecule has 0 saturated heterocycles. The third-order valence-electron chi connectivity index (χ3n) is 9.59. The van der Waals surface area contributed by atoms with Crippen molar-refractivity contribution < 1.29 is 32.9 Å². The number of unbranched alkanes of at least 4 members (excludes halogenated alkanes) is 22. The second-order valence-electron chi connectivity index (χ2n) is 16.1. The van der Waals surface area contributed by atoms with Crippen molar-refractivity contribution in [1.82, 2.24) is 5.32 Å². The molecule has 9 heteroatoms. The summed E-state index contributed by atoms with van der Waals surface area (Å²) in [5.41, 5.74) is 0. The number of hydrogen-bond acceptors (Lipinski definition) is 5. The Morgan fingerprint density at radius 3 is 1.51 bits per heavy atom. The molecule has 0 saturated carbocycles. The van der Waals surface area contributed by atoms with Crippen molar-refractivity contribution in [3.63, 3.8) is 0 Å². The van der Waals surface area contributed by atoms with Gasteiger partial charge in [-0.1, -0.05) is 172 Å². The fraction of sp³-hybridized carbons (Fsp3) is 0.841. The highest BCUT2D eigenvalue weighted by molar-refractivity contribution is 7.47. The summed E-state index contributed by atoms with van der Waals surface area (Å²) < 4.78 is 23.5. The Bertz CT molecular complexity index is 964. The molecule has 0 fully saturated rings. The molecule has 53 heavy (non-hydrogen) atoms. The summed E-state index contributed by atoms with van der Waals surface area (Å²) in [7, 11) is 1.55. The highest BCUT2D eigenvalue weighted by Crippen LogP contribution is 2.43. The lowest BCUT2D eigenvalue weighted by Crippen LogP contribution is -2.45. The van der Waals surface area contributed by atoms with E-state index in [0.717, 1.165) is 44.9 Å². The highest BCUT2D eigenvalue weighted by atomic mass is 31.2. The van der Waals surface area contributed by atoms with Crippen molar-refractivity contribution in [3.8, 4) is 0 Å². The first-order valence-electron chi connectivity index (χ1n) is 21.9. The van der Waals surface area contributed by atoms with Gasteiger partial charge < -0.3 is 19.8 Å². The lowest BCUT2D eigenvalue weighted by atomic mass is 10.1. The van der Waals surface area contributed by atoms with Crippen LogP contribution in [-0.2, 0) is 18.4 Å². The number of aliphatic hydroxyl groups is 1. The van der Waals surface area contributed by atoms with E-state index in [9.17, 15) is 19.4 Å². The van der Waals surface area contributed by atoms with Crippen molar-refractivity contribution in [2.24, 2.45) is 0 Å². The summed E-state index contributed by atoms with van der Waals surface area (Å²) in [5.74, 6) is -0.194. The van der Waals surface area contributed by atoms with Gasteiger partial charge in [-0.05, 0) is 44.9 Å². The Hall–Kier alpha value is -1.28. The molecule has 0 aromatic heterocycles.